The molecule has 7 heteroatoms. The summed E-state index contributed by atoms with van der Waals surface area (Å²) in [5.74, 6) is -3.27. The van der Waals surface area contributed by atoms with Crippen LogP contribution in [0.3, 0.4) is 0 Å². The lowest BCUT2D eigenvalue weighted by molar-refractivity contribution is -0.108. The number of benzene rings is 2. The van der Waals surface area contributed by atoms with E-state index in [0.717, 1.165) is 16.0 Å². The number of rotatable bonds is 4. The summed E-state index contributed by atoms with van der Waals surface area (Å²) >= 11 is 0. The Morgan fingerprint density at radius 3 is 2.19 bits per heavy atom. The number of methoxy groups -OCH3 is 1. The summed E-state index contributed by atoms with van der Waals surface area (Å²) in [4.78, 5) is 26.9. The Labute approximate surface area is 156 Å². The standard InChI is InChI=1S/C20H20F2N2O3/c1-14-3-9-17(10-4-14)24(19(26)23-12-20(21,22)13-23)11-15-5-7-16(8-6-15)18(25)27-2/h3-10H,11-13H2,1-2H3. The number of likely N-dealkylation sites (tertiary alicyclic amines) is 1. The van der Waals surface area contributed by atoms with Crippen molar-refractivity contribution < 1.29 is 23.1 Å². The fourth-order valence-corrected chi connectivity index (χ4v) is 2.86. The predicted molar refractivity (Wildman–Crippen MR) is 97.1 cm³/mol. The van der Waals surface area contributed by atoms with Crippen molar-refractivity contribution in [2.45, 2.75) is 19.4 Å². The number of carbonyl (C=O) groups is 2. The SMILES string of the molecule is COC(=O)c1ccc(CN(C(=O)N2CC(F)(F)C2)c2ccc(C)cc2)cc1. The third-order valence-corrected chi connectivity index (χ3v) is 4.41. The lowest BCUT2D eigenvalue weighted by atomic mass is 10.1. The molecular formula is C20H20F2N2O3. The van der Waals surface area contributed by atoms with E-state index in [-0.39, 0.29) is 6.54 Å². The van der Waals surface area contributed by atoms with Crippen molar-refractivity contribution >= 4 is 17.7 Å². The number of alkyl halides is 2. The van der Waals surface area contributed by atoms with Crippen LogP contribution in [0.5, 0.6) is 0 Å². The van der Waals surface area contributed by atoms with Gasteiger partial charge in [0.25, 0.3) is 5.92 Å². The van der Waals surface area contributed by atoms with E-state index in [9.17, 15) is 18.4 Å². The molecule has 0 N–H and O–H groups in total. The first-order valence-corrected chi connectivity index (χ1v) is 8.47. The Hall–Kier alpha value is -2.96. The van der Waals surface area contributed by atoms with Crippen molar-refractivity contribution in [2.24, 2.45) is 0 Å². The molecule has 0 spiro atoms. The Kier molecular flexibility index (Phi) is 5.12. The minimum atomic E-state index is -2.82. The number of aryl methyl sites for hydroxylation is 1. The van der Waals surface area contributed by atoms with Crippen LogP contribution in [-0.2, 0) is 11.3 Å². The molecule has 27 heavy (non-hydrogen) atoms. The van der Waals surface area contributed by atoms with E-state index in [4.69, 9.17) is 0 Å². The molecule has 5 nitrogen and oxygen atoms in total. The second-order valence-corrected chi connectivity index (χ2v) is 6.60. The molecule has 3 rings (SSSR count). The smallest absolute Gasteiger partial charge is 0.337 e. The summed E-state index contributed by atoms with van der Waals surface area (Å²) in [6.07, 6.45) is 0. The highest BCUT2D eigenvalue weighted by Gasteiger charge is 2.47. The molecule has 1 heterocycles. The van der Waals surface area contributed by atoms with Crippen LogP contribution >= 0.6 is 0 Å². The number of anilines is 1. The zero-order chi connectivity index (χ0) is 19.6. The molecular weight excluding hydrogens is 354 g/mol. The number of halogens is 2. The fraction of sp³-hybridized carbons (Fsp3) is 0.300. The first-order valence-electron chi connectivity index (χ1n) is 8.47. The van der Waals surface area contributed by atoms with Crippen LogP contribution in [0.1, 0.15) is 21.5 Å². The maximum absolute atomic E-state index is 13.2. The highest BCUT2D eigenvalue weighted by atomic mass is 19.3. The molecule has 0 aromatic heterocycles. The monoisotopic (exact) mass is 374 g/mol. The maximum Gasteiger partial charge on any atom is 0.337 e. The van der Waals surface area contributed by atoms with Crippen LogP contribution in [0.4, 0.5) is 19.3 Å². The van der Waals surface area contributed by atoms with Crippen LogP contribution in [0.25, 0.3) is 0 Å². The quantitative estimate of drug-likeness (QED) is 0.764. The van der Waals surface area contributed by atoms with Crippen LogP contribution in [-0.4, -0.2) is 43.0 Å². The Bertz CT molecular complexity index is 827. The molecule has 0 radical (unpaired) electrons. The van der Waals surface area contributed by atoms with E-state index in [2.05, 4.69) is 4.74 Å². The number of esters is 1. The van der Waals surface area contributed by atoms with Gasteiger partial charge in [0.1, 0.15) is 0 Å². The molecule has 1 fully saturated rings. The second-order valence-electron chi connectivity index (χ2n) is 6.60. The van der Waals surface area contributed by atoms with Gasteiger partial charge in [0, 0.05) is 5.69 Å². The predicted octanol–water partition coefficient (Wildman–Crippen LogP) is 3.86. The number of nitrogens with zero attached hydrogens (tertiary/aromatic N) is 2. The lowest BCUT2D eigenvalue weighted by Gasteiger charge is -2.41. The Morgan fingerprint density at radius 1 is 1.07 bits per heavy atom. The average Bonchev–Trinajstić information content (AvgIpc) is 2.64. The third kappa shape index (κ3) is 4.24. The number of hydrogen-bond acceptors (Lipinski definition) is 3. The molecule has 142 valence electrons. The summed E-state index contributed by atoms with van der Waals surface area (Å²) in [6, 6.07) is 13.5. The van der Waals surface area contributed by atoms with Gasteiger partial charge >= 0.3 is 12.0 Å². The average molecular weight is 374 g/mol. The Morgan fingerprint density at radius 2 is 1.67 bits per heavy atom. The summed E-state index contributed by atoms with van der Waals surface area (Å²) in [6.45, 7) is 0.980. The van der Waals surface area contributed by atoms with Crippen molar-refractivity contribution in [2.75, 3.05) is 25.1 Å². The van der Waals surface area contributed by atoms with Crippen LogP contribution in [0.2, 0.25) is 0 Å². The highest BCUT2D eigenvalue weighted by Crippen LogP contribution is 2.29. The van der Waals surface area contributed by atoms with Crippen LogP contribution < -0.4 is 4.90 Å². The maximum atomic E-state index is 13.2. The molecule has 2 amide bonds. The van der Waals surface area contributed by atoms with Gasteiger partial charge in [-0.2, -0.15) is 0 Å². The van der Waals surface area contributed by atoms with E-state index in [0.29, 0.717) is 11.3 Å². The number of hydrogen-bond donors (Lipinski definition) is 0. The topological polar surface area (TPSA) is 49.9 Å². The molecule has 0 unspecified atom stereocenters. The van der Waals surface area contributed by atoms with Gasteiger partial charge in [-0.1, -0.05) is 29.8 Å². The molecule has 0 saturated carbocycles. The molecule has 0 atom stereocenters. The minimum Gasteiger partial charge on any atom is -0.465 e. The second kappa shape index (κ2) is 7.34. The van der Waals surface area contributed by atoms with Crippen molar-refractivity contribution in [3.05, 3.63) is 65.2 Å². The molecule has 0 aliphatic carbocycles. The van der Waals surface area contributed by atoms with E-state index in [1.807, 2.05) is 19.1 Å². The van der Waals surface area contributed by atoms with E-state index < -0.39 is 31.0 Å². The highest BCUT2D eigenvalue weighted by molar-refractivity contribution is 5.93. The van der Waals surface area contributed by atoms with Crippen molar-refractivity contribution in [3.8, 4) is 0 Å². The molecule has 0 bridgehead atoms. The van der Waals surface area contributed by atoms with Crippen molar-refractivity contribution in [1.82, 2.24) is 4.90 Å². The van der Waals surface area contributed by atoms with Crippen molar-refractivity contribution in [3.63, 3.8) is 0 Å². The number of ether oxygens (including phenoxy) is 1. The summed E-state index contributed by atoms with van der Waals surface area (Å²) < 4.78 is 31.1. The molecule has 2 aromatic rings. The molecule has 2 aromatic carbocycles. The minimum absolute atomic E-state index is 0.200. The molecule has 1 aliphatic rings. The van der Waals surface area contributed by atoms with Gasteiger partial charge in [0.05, 0.1) is 32.3 Å². The van der Waals surface area contributed by atoms with E-state index >= 15 is 0 Å². The zero-order valence-electron chi connectivity index (χ0n) is 15.1. The number of urea groups is 1. The van der Waals surface area contributed by atoms with Gasteiger partial charge in [0.2, 0.25) is 0 Å². The normalized spacial score (nSPS) is 15.0. The van der Waals surface area contributed by atoms with E-state index in [1.54, 1.807) is 36.4 Å². The fourth-order valence-electron chi connectivity index (χ4n) is 2.86. The number of carbonyl (C=O) groups excluding carboxylic acids is 2. The van der Waals surface area contributed by atoms with Gasteiger partial charge in [-0.25, -0.2) is 18.4 Å². The van der Waals surface area contributed by atoms with Crippen LogP contribution in [0.15, 0.2) is 48.5 Å². The van der Waals surface area contributed by atoms with Crippen LogP contribution in [0, 0.1) is 6.92 Å². The van der Waals surface area contributed by atoms with Crippen molar-refractivity contribution in [1.29, 1.82) is 0 Å². The largest absolute Gasteiger partial charge is 0.465 e. The third-order valence-electron chi connectivity index (χ3n) is 4.41. The first kappa shape index (κ1) is 18.8. The van der Waals surface area contributed by atoms with Gasteiger partial charge < -0.3 is 9.64 Å². The van der Waals surface area contributed by atoms with E-state index in [1.165, 1.54) is 12.0 Å². The van der Waals surface area contributed by atoms with Gasteiger partial charge in [-0.15, -0.1) is 0 Å². The zero-order valence-corrected chi connectivity index (χ0v) is 15.1. The van der Waals surface area contributed by atoms with Gasteiger partial charge in [-0.3, -0.25) is 4.90 Å². The Balaban J connectivity index is 1.82. The first-order chi connectivity index (χ1) is 12.8. The lowest BCUT2D eigenvalue weighted by Crippen LogP contribution is -2.61. The van der Waals surface area contributed by atoms with Gasteiger partial charge in [0.15, 0.2) is 0 Å². The molecule has 1 aliphatic heterocycles. The summed E-state index contributed by atoms with van der Waals surface area (Å²) in [5, 5.41) is 0. The summed E-state index contributed by atoms with van der Waals surface area (Å²) in [5.41, 5.74) is 2.82. The number of amides is 2. The van der Waals surface area contributed by atoms with Gasteiger partial charge in [-0.05, 0) is 36.8 Å². The molecule has 1 saturated heterocycles. The summed E-state index contributed by atoms with van der Waals surface area (Å²) in [7, 11) is 1.30.